The Morgan fingerprint density at radius 3 is 2.36 bits per heavy atom. The highest BCUT2D eigenvalue weighted by Crippen LogP contribution is 2.46. The molecule has 9 nitrogen and oxygen atoms in total. The van der Waals surface area contributed by atoms with Gasteiger partial charge in [-0.15, -0.1) is 11.3 Å². The van der Waals surface area contributed by atoms with Crippen LogP contribution in [0.4, 0.5) is 0 Å². The second-order valence-electron chi connectivity index (χ2n) is 8.28. The lowest BCUT2D eigenvalue weighted by Gasteiger charge is -2.29. The van der Waals surface area contributed by atoms with Crippen molar-refractivity contribution in [2.75, 3.05) is 26.2 Å². The van der Waals surface area contributed by atoms with Gasteiger partial charge in [0.25, 0.3) is 18.3 Å². The molecule has 0 aliphatic carbocycles. The van der Waals surface area contributed by atoms with Crippen LogP contribution < -0.4 is 0 Å². The van der Waals surface area contributed by atoms with E-state index < -0.39 is 0 Å². The molecular formula is C23H24N4O5S. The van der Waals surface area contributed by atoms with Crippen LogP contribution >= 0.6 is 11.3 Å². The van der Waals surface area contributed by atoms with Gasteiger partial charge in [0.2, 0.25) is 0 Å². The molecule has 5 rings (SSSR count). The first kappa shape index (κ1) is 22.7. The summed E-state index contributed by atoms with van der Waals surface area (Å²) in [5.41, 5.74) is 3.68. The van der Waals surface area contributed by atoms with E-state index in [1.165, 1.54) is 23.2 Å². The van der Waals surface area contributed by atoms with Crippen LogP contribution in [-0.4, -0.2) is 69.5 Å². The molecule has 1 aromatic carbocycles. The summed E-state index contributed by atoms with van der Waals surface area (Å²) in [4.78, 5) is 42.1. The van der Waals surface area contributed by atoms with Crippen molar-refractivity contribution in [3.63, 3.8) is 0 Å². The second kappa shape index (κ2) is 9.95. The molecule has 2 aliphatic rings. The van der Waals surface area contributed by atoms with Crippen molar-refractivity contribution in [2.24, 2.45) is 11.3 Å². The Morgan fingerprint density at radius 2 is 1.79 bits per heavy atom. The number of likely N-dealkylation sites (tertiary alicyclic amines) is 2. The van der Waals surface area contributed by atoms with Crippen LogP contribution in [-0.2, 0) is 11.2 Å². The number of nitrogens with zero attached hydrogens (tertiary/aromatic N) is 4. The minimum absolute atomic E-state index is 0.0147. The summed E-state index contributed by atoms with van der Waals surface area (Å²) in [5.74, 6) is 0.119. The molecule has 0 unspecified atom stereocenters. The minimum atomic E-state index is -0.250. The molecule has 0 bridgehead atoms. The smallest absolute Gasteiger partial charge is 0.290 e. The normalized spacial score (nSPS) is 21.3. The van der Waals surface area contributed by atoms with E-state index in [1.54, 1.807) is 17.0 Å². The van der Waals surface area contributed by atoms with Gasteiger partial charge in [-0.3, -0.25) is 14.4 Å². The second-order valence-corrected chi connectivity index (χ2v) is 9.00. The molecule has 4 heterocycles. The van der Waals surface area contributed by atoms with Crippen molar-refractivity contribution >= 4 is 29.6 Å². The summed E-state index contributed by atoms with van der Waals surface area (Å²) in [7, 11) is 0. The number of aromatic nitrogens is 2. The number of hydrogen-bond donors (Lipinski definition) is 1. The number of thiazole rings is 1. The van der Waals surface area contributed by atoms with Gasteiger partial charge in [0.05, 0.1) is 5.51 Å². The molecule has 3 aromatic rings. The first-order chi connectivity index (χ1) is 16.1. The van der Waals surface area contributed by atoms with Crippen LogP contribution in [0.5, 0.6) is 0 Å². The molecule has 1 N–H and O–H groups in total. The van der Waals surface area contributed by atoms with E-state index in [0.717, 1.165) is 12.8 Å². The Bertz CT molecular complexity index is 1010. The third-order valence-electron chi connectivity index (χ3n) is 6.40. The average molecular weight is 469 g/mol. The third kappa shape index (κ3) is 4.80. The van der Waals surface area contributed by atoms with Crippen molar-refractivity contribution in [1.82, 2.24) is 19.9 Å². The zero-order valence-electron chi connectivity index (χ0n) is 17.9. The monoisotopic (exact) mass is 468 g/mol. The fraction of sp³-hybridized carbons (Fsp3) is 0.348. The molecule has 172 valence electrons. The van der Waals surface area contributed by atoms with Gasteiger partial charge in [0.1, 0.15) is 12.0 Å². The molecule has 0 spiro atoms. The summed E-state index contributed by atoms with van der Waals surface area (Å²) >= 11 is 1.43. The third-order valence-corrected chi connectivity index (χ3v) is 6.98. The molecule has 2 amide bonds. The maximum Gasteiger partial charge on any atom is 0.290 e. The summed E-state index contributed by atoms with van der Waals surface area (Å²) in [6, 6.07) is 12.0. The van der Waals surface area contributed by atoms with E-state index in [-0.39, 0.29) is 29.6 Å². The number of fused-ring (bicyclic) bond motifs is 1. The van der Waals surface area contributed by atoms with E-state index in [4.69, 9.17) is 14.4 Å². The summed E-state index contributed by atoms with van der Waals surface area (Å²) in [6.07, 6.45) is 3.26. The number of carbonyl (C=O) groups excluding carboxylic acids is 2. The van der Waals surface area contributed by atoms with E-state index >= 15 is 0 Å². The van der Waals surface area contributed by atoms with Crippen molar-refractivity contribution in [1.29, 1.82) is 0 Å². The van der Waals surface area contributed by atoms with Gasteiger partial charge in [-0.25, -0.2) is 4.98 Å². The van der Waals surface area contributed by atoms with Gasteiger partial charge in [0, 0.05) is 49.0 Å². The first-order valence-electron chi connectivity index (χ1n) is 10.6. The van der Waals surface area contributed by atoms with Gasteiger partial charge in [-0.2, -0.15) is 0 Å². The van der Waals surface area contributed by atoms with Crippen LogP contribution in [0, 0.1) is 11.3 Å². The van der Waals surface area contributed by atoms with E-state index in [9.17, 15) is 9.59 Å². The maximum atomic E-state index is 12.9. The Hall–Kier alpha value is -3.53. The summed E-state index contributed by atoms with van der Waals surface area (Å²) in [6.45, 7) is 2.29. The minimum Gasteiger partial charge on any atom is -0.483 e. The number of hydrogen-bond acceptors (Lipinski definition) is 7. The molecule has 2 aliphatic heterocycles. The lowest BCUT2D eigenvalue weighted by Crippen LogP contribution is -2.39. The van der Waals surface area contributed by atoms with Crippen molar-refractivity contribution in [3.8, 4) is 0 Å². The Morgan fingerprint density at radius 1 is 1.12 bits per heavy atom. The van der Waals surface area contributed by atoms with Crippen LogP contribution in [0.25, 0.3) is 0 Å². The van der Waals surface area contributed by atoms with Crippen LogP contribution in [0.2, 0.25) is 0 Å². The molecule has 2 saturated heterocycles. The average Bonchev–Trinajstić information content (AvgIpc) is 3.62. The van der Waals surface area contributed by atoms with Crippen LogP contribution in [0.15, 0.2) is 58.1 Å². The van der Waals surface area contributed by atoms with Gasteiger partial charge in [-0.05, 0) is 18.4 Å². The number of rotatable bonds is 5. The fourth-order valence-corrected chi connectivity index (χ4v) is 5.38. The molecule has 2 atom stereocenters. The highest BCUT2D eigenvalue weighted by atomic mass is 32.1. The van der Waals surface area contributed by atoms with E-state index in [2.05, 4.69) is 22.3 Å². The van der Waals surface area contributed by atoms with Crippen molar-refractivity contribution < 1.29 is 24.0 Å². The molecule has 2 aromatic heterocycles. The molecule has 0 radical (unpaired) electrons. The lowest BCUT2D eigenvalue weighted by atomic mass is 9.76. The first-order valence-corrected chi connectivity index (χ1v) is 11.5. The van der Waals surface area contributed by atoms with Crippen molar-refractivity contribution in [2.45, 2.75) is 12.8 Å². The lowest BCUT2D eigenvalue weighted by molar-refractivity contribution is -0.122. The predicted octanol–water partition coefficient (Wildman–Crippen LogP) is 2.68. The molecule has 0 saturated carbocycles. The zero-order chi connectivity index (χ0) is 23.3. The molecular weight excluding hydrogens is 444 g/mol. The number of benzene rings is 1. The molecule has 33 heavy (non-hydrogen) atoms. The van der Waals surface area contributed by atoms with Gasteiger partial charge < -0.3 is 19.4 Å². The largest absolute Gasteiger partial charge is 0.483 e. The van der Waals surface area contributed by atoms with Crippen molar-refractivity contribution in [3.05, 3.63) is 70.5 Å². The quantitative estimate of drug-likeness (QED) is 0.572. The predicted molar refractivity (Wildman–Crippen MR) is 120 cm³/mol. The Balaban J connectivity index is 0.000000821. The Labute approximate surface area is 194 Å². The number of aryl methyl sites for hydroxylation is 1. The fourth-order valence-electron chi connectivity index (χ4n) is 4.85. The number of carboxylic acid groups (broad SMARTS) is 1. The zero-order valence-corrected chi connectivity index (χ0v) is 18.7. The van der Waals surface area contributed by atoms with Crippen LogP contribution in [0.1, 0.15) is 33.0 Å². The topological polar surface area (TPSA) is 117 Å². The summed E-state index contributed by atoms with van der Waals surface area (Å²) < 4.78 is 4.85. The SMILES string of the molecule is O=C(c1cscn1)N1C[C@@H]2CN(C(=O)c3ccon3)C[C@]2(CCc2ccccc2)C1.O=CO. The van der Waals surface area contributed by atoms with E-state index in [0.29, 0.717) is 37.6 Å². The highest BCUT2D eigenvalue weighted by molar-refractivity contribution is 7.07. The Kier molecular flexibility index (Phi) is 6.83. The highest BCUT2D eigenvalue weighted by Gasteiger charge is 2.54. The van der Waals surface area contributed by atoms with Gasteiger partial charge in [-0.1, -0.05) is 35.5 Å². The number of amides is 2. The standard InChI is InChI=1S/C22H22N4O3S.CH2O2/c27-20(18-7-9-29-24-18)25-10-17-11-26(21(28)19-12-30-15-23-19)14-22(17,13-25)8-6-16-4-2-1-3-5-16;2-1-3/h1-5,7,9,12,15,17H,6,8,10-11,13-14H2;1H,(H,2,3)/t17-,22+;/m0./s1. The van der Waals surface area contributed by atoms with Crippen LogP contribution in [0.3, 0.4) is 0 Å². The maximum absolute atomic E-state index is 12.9. The van der Waals surface area contributed by atoms with Gasteiger partial charge in [0.15, 0.2) is 5.69 Å². The molecule has 10 heteroatoms. The number of carbonyl (C=O) groups is 3. The van der Waals surface area contributed by atoms with E-state index in [1.807, 2.05) is 28.0 Å². The van der Waals surface area contributed by atoms with Gasteiger partial charge >= 0.3 is 0 Å². The summed E-state index contributed by atoms with van der Waals surface area (Å²) in [5, 5.41) is 12.5. The molecule has 2 fully saturated rings.